The van der Waals surface area contributed by atoms with Crippen LogP contribution in [0.1, 0.15) is 32.0 Å². The van der Waals surface area contributed by atoms with Crippen molar-refractivity contribution in [2.75, 3.05) is 18.0 Å². The quantitative estimate of drug-likeness (QED) is 0.649. The molecule has 9 nitrogen and oxygen atoms in total. The number of hydrogen-bond donors (Lipinski definition) is 2. The van der Waals surface area contributed by atoms with Crippen molar-refractivity contribution in [2.45, 2.75) is 32.2 Å². The smallest absolute Gasteiger partial charge is 0.404 e. The molecule has 1 unspecified atom stereocenters. The van der Waals surface area contributed by atoms with Crippen LogP contribution in [0.15, 0.2) is 12.1 Å². The third kappa shape index (κ3) is 2.97. The maximum Gasteiger partial charge on any atom is 0.404 e. The first-order valence-electron chi connectivity index (χ1n) is 8.17. The monoisotopic (exact) mass is 347 g/mol. The van der Waals surface area contributed by atoms with E-state index in [2.05, 4.69) is 10.3 Å². The van der Waals surface area contributed by atoms with Gasteiger partial charge in [0.15, 0.2) is 0 Å². The third-order valence-corrected chi connectivity index (χ3v) is 4.59. The van der Waals surface area contributed by atoms with Gasteiger partial charge in [0.2, 0.25) is 0 Å². The lowest BCUT2D eigenvalue weighted by atomic mass is 10.2. The van der Waals surface area contributed by atoms with Crippen molar-refractivity contribution >= 4 is 28.5 Å². The second-order valence-electron chi connectivity index (χ2n) is 6.62. The van der Waals surface area contributed by atoms with Crippen molar-refractivity contribution in [3.63, 3.8) is 0 Å². The second kappa shape index (κ2) is 6.23. The predicted octanol–water partition coefficient (Wildman–Crippen LogP) is 2.45. The Morgan fingerprint density at radius 2 is 2.20 bits per heavy atom. The first-order valence-corrected chi connectivity index (χ1v) is 8.17. The number of carboxylic acid groups (broad SMARTS) is 1. The number of aromatic nitrogens is 2. The number of aryl methyl sites for hydroxylation is 1. The van der Waals surface area contributed by atoms with E-state index in [4.69, 9.17) is 5.11 Å². The van der Waals surface area contributed by atoms with E-state index in [0.29, 0.717) is 30.7 Å². The van der Waals surface area contributed by atoms with Crippen LogP contribution >= 0.6 is 0 Å². The van der Waals surface area contributed by atoms with Crippen molar-refractivity contribution in [2.24, 2.45) is 7.05 Å². The van der Waals surface area contributed by atoms with Crippen LogP contribution in [0.3, 0.4) is 0 Å². The molecule has 1 saturated heterocycles. The molecule has 2 N–H and O–H groups in total. The van der Waals surface area contributed by atoms with E-state index in [0.717, 1.165) is 11.3 Å². The van der Waals surface area contributed by atoms with Crippen molar-refractivity contribution in [1.82, 2.24) is 14.9 Å². The summed E-state index contributed by atoms with van der Waals surface area (Å²) in [4.78, 5) is 28.5. The van der Waals surface area contributed by atoms with Gasteiger partial charge in [-0.05, 0) is 12.5 Å². The number of carbonyl (C=O) groups is 1. The van der Waals surface area contributed by atoms with Gasteiger partial charge in [-0.15, -0.1) is 0 Å². The Hall–Kier alpha value is -2.84. The van der Waals surface area contributed by atoms with Gasteiger partial charge in [0, 0.05) is 32.1 Å². The van der Waals surface area contributed by atoms with E-state index in [9.17, 15) is 14.9 Å². The number of nitro groups is 1. The van der Waals surface area contributed by atoms with E-state index in [1.807, 2.05) is 30.4 Å². The normalized spacial score (nSPS) is 17.4. The van der Waals surface area contributed by atoms with Gasteiger partial charge in [0.25, 0.3) is 5.69 Å². The Bertz CT molecular complexity index is 845. The molecular formula is C16H21N5O4. The van der Waals surface area contributed by atoms with E-state index in [-0.39, 0.29) is 17.6 Å². The molecule has 3 rings (SSSR count). The molecule has 9 heteroatoms. The topological polar surface area (TPSA) is 114 Å². The molecule has 2 heterocycles. The van der Waals surface area contributed by atoms with Crippen molar-refractivity contribution in [3.05, 3.63) is 28.1 Å². The number of imidazole rings is 1. The van der Waals surface area contributed by atoms with E-state index in [1.54, 1.807) is 6.07 Å². The maximum atomic E-state index is 11.5. The highest BCUT2D eigenvalue weighted by molar-refractivity contribution is 5.95. The Labute approximate surface area is 144 Å². The number of benzene rings is 1. The molecule has 1 fully saturated rings. The fourth-order valence-corrected chi connectivity index (χ4v) is 3.48. The summed E-state index contributed by atoms with van der Waals surface area (Å²) in [6, 6.07) is 2.97. The van der Waals surface area contributed by atoms with Crippen molar-refractivity contribution in [1.29, 1.82) is 0 Å². The standard InChI is InChI=1S/C16H21N5O4/c1-9(2)15-18-13-11(19(15)3)4-5-12(21(24)25)14(13)20-7-6-10(8-20)17-16(22)23/h4-5,9-10,17H,6-8H2,1-3H3,(H,22,23). The Morgan fingerprint density at radius 3 is 2.80 bits per heavy atom. The lowest BCUT2D eigenvalue weighted by Gasteiger charge is -2.19. The van der Waals surface area contributed by atoms with Gasteiger partial charge in [-0.1, -0.05) is 13.8 Å². The summed E-state index contributed by atoms with van der Waals surface area (Å²) >= 11 is 0. The average Bonchev–Trinajstić information content (AvgIpc) is 3.10. The molecule has 0 bridgehead atoms. The Kier molecular flexibility index (Phi) is 4.23. The minimum atomic E-state index is -1.08. The molecule has 1 aliphatic heterocycles. The number of nitro benzene ring substituents is 1. The molecule has 0 spiro atoms. The fourth-order valence-electron chi connectivity index (χ4n) is 3.48. The Balaban J connectivity index is 2.11. The zero-order valence-electron chi connectivity index (χ0n) is 14.4. The summed E-state index contributed by atoms with van der Waals surface area (Å²) in [6.45, 7) is 4.98. The number of fused-ring (bicyclic) bond motifs is 1. The van der Waals surface area contributed by atoms with Gasteiger partial charge in [-0.3, -0.25) is 10.1 Å². The van der Waals surface area contributed by atoms with Crippen LogP contribution in [0.25, 0.3) is 11.0 Å². The van der Waals surface area contributed by atoms with Gasteiger partial charge in [0.05, 0.1) is 16.5 Å². The van der Waals surface area contributed by atoms with Gasteiger partial charge in [-0.2, -0.15) is 0 Å². The summed E-state index contributed by atoms with van der Waals surface area (Å²) in [5.41, 5.74) is 1.90. The molecule has 1 aromatic carbocycles. The largest absolute Gasteiger partial charge is 0.465 e. The van der Waals surface area contributed by atoms with Crippen LogP contribution in [-0.4, -0.2) is 44.8 Å². The van der Waals surface area contributed by atoms with Crippen molar-refractivity contribution in [3.8, 4) is 0 Å². The maximum absolute atomic E-state index is 11.5. The first-order chi connectivity index (χ1) is 11.8. The molecule has 1 atom stereocenters. The van der Waals surface area contributed by atoms with Gasteiger partial charge < -0.3 is 19.9 Å². The van der Waals surface area contributed by atoms with Crippen LogP contribution in [0.2, 0.25) is 0 Å². The van der Waals surface area contributed by atoms with Gasteiger partial charge in [0.1, 0.15) is 17.0 Å². The summed E-state index contributed by atoms with van der Waals surface area (Å²) in [7, 11) is 1.90. The molecule has 134 valence electrons. The van der Waals surface area contributed by atoms with Crippen LogP contribution in [0.4, 0.5) is 16.2 Å². The van der Waals surface area contributed by atoms with Gasteiger partial charge >= 0.3 is 6.09 Å². The molecular weight excluding hydrogens is 326 g/mol. The molecule has 1 aliphatic rings. The number of hydrogen-bond acceptors (Lipinski definition) is 5. The molecule has 25 heavy (non-hydrogen) atoms. The van der Waals surface area contributed by atoms with Crippen LogP contribution in [0.5, 0.6) is 0 Å². The summed E-state index contributed by atoms with van der Waals surface area (Å²) in [5.74, 6) is 1.04. The highest BCUT2D eigenvalue weighted by Crippen LogP contribution is 2.38. The molecule has 1 amide bonds. The molecule has 0 radical (unpaired) electrons. The molecule has 2 aromatic rings. The van der Waals surface area contributed by atoms with Crippen LogP contribution in [-0.2, 0) is 7.05 Å². The number of nitrogens with zero attached hydrogens (tertiary/aromatic N) is 4. The SMILES string of the molecule is CC(C)c1nc2c(N3CCC(NC(=O)O)C3)c([N+](=O)[O-])ccc2n1C. The molecule has 0 aliphatic carbocycles. The van der Waals surface area contributed by atoms with E-state index < -0.39 is 11.0 Å². The van der Waals surface area contributed by atoms with Crippen LogP contribution in [0, 0.1) is 10.1 Å². The van der Waals surface area contributed by atoms with Gasteiger partial charge in [-0.25, -0.2) is 9.78 Å². The number of nitrogens with one attached hydrogen (secondary N) is 1. The number of amides is 1. The Morgan fingerprint density at radius 1 is 1.48 bits per heavy atom. The highest BCUT2D eigenvalue weighted by Gasteiger charge is 2.32. The highest BCUT2D eigenvalue weighted by atomic mass is 16.6. The summed E-state index contributed by atoms with van der Waals surface area (Å²) in [5, 5.41) is 22.9. The minimum Gasteiger partial charge on any atom is -0.465 e. The third-order valence-electron chi connectivity index (χ3n) is 4.59. The zero-order valence-corrected chi connectivity index (χ0v) is 14.4. The van der Waals surface area contributed by atoms with E-state index >= 15 is 0 Å². The lowest BCUT2D eigenvalue weighted by molar-refractivity contribution is -0.384. The molecule has 0 saturated carbocycles. The van der Waals surface area contributed by atoms with Crippen molar-refractivity contribution < 1.29 is 14.8 Å². The van der Waals surface area contributed by atoms with E-state index in [1.165, 1.54) is 6.07 Å². The number of rotatable bonds is 4. The minimum absolute atomic E-state index is 0.00289. The zero-order chi connectivity index (χ0) is 18.3. The fraction of sp³-hybridized carbons (Fsp3) is 0.500. The summed E-state index contributed by atoms with van der Waals surface area (Å²) in [6.07, 6.45) is -0.483. The number of anilines is 1. The second-order valence-corrected chi connectivity index (χ2v) is 6.62. The first kappa shape index (κ1) is 17.0. The predicted molar refractivity (Wildman–Crippen MR) is 93.2 cm³/mol. The lowest BCUT2D eigenvalue weighted by Crippen LogP contribution is -2.36. The average molecular weight is 347 g/mol. The molecule has 1 aromatic heterocycles. The summed E-state index contributed by atoms with van der Waals surface area (Å²) < 4.78 is 1.95. The van der Waals surface area contributed by atoms with Crippen LogP contribution < -0.4 is 10.2 Å².